The first-order valence-electron chi connectivity index (χ1n) is 11.3. The van der Waals surface area contributed by atoms with Crippen LogP contribution in [0.1, 0.15) is 61.6 Å². The van der Waals surface area contributed by atoms with Crippen LogP contribution in [0.5, 0.6) is 0 Å². The number of benzene rings is 1. The number of aromatic nitrogens is 4. The molecule has 1 aromatic carbocycles. The molecule has 168 valence electrons. The quantitative estimate of drug-likeness (QED) is 0.626. The van der Waals surface area contributed by atoms with Gasteiger partial charge in [0, 0.05) is 36.9 Å². The van der Waals surface area contributed by atoms with Crippen LogP contribution in [0.3, 0.4) is 0 Å². The Kier molecular flexibility index (Phi) is 4.83. The molecule has 0 N–H and O–H groups in total. The number of hydrogen-bond acceptors (Lipinski definition) is 5. The zero-order valence-electron chi connectivity index (χ0n) is 19.0. The zero-order chi connectivity index (χ0) is 22.6. The van der Waals surface area contributed by atoms with Crippen molar-refractivity contribution in [3.8, 4) is 0 Å². The third kappa shape index (κ3) is 3.89. The van der Waals surface area contributed by atoms with Crippen molar-refractivity contribution in [3.63, 3.8) is 0 Å². The Balaban J connectivity index is 1.40. The predicted octanol–water partition coefficient (Wildman–Crippen LogP) is 3.72. The highest BCUT2D eigenvalue weighted by Crippen LogP contribution is 2.35. The average molecular weight is 436 g/mol. The number of fused-ring (bicyclic) bond motifs is 2. The molecule has 32 heavy (non-hydrogen) atoms. The first kappa shape index (κ1) is 20.7. The summed E-state index contributed by atoms with van der Waals surface area (Å²) in [7, 11) is 1.87. The van der Waals surface area contributed by atoms with E-state index in [9.17, 15) is 9.59 Å². The predicted molar refractivity (Wildman–Crippen MR) is 120 cm³/mol. The van der Waals surface area contributed by atoms with Gasteiger partial charge in [0.05, 0.1) is 16.8 Å². The highest BCUT2D eigenvalue weighted by molar-refractivity contribution is 6.06. The number of carbonyl (C=O) groups is 2. The van der Waals surface area contributed by atoms with Crippen LogP contribution < -0.4 is 0 Å². The van der Waals surface area contributed by atoms with E-state index in [2.05, 4.69) is 15.1 Å². The maximum atomic E-state index is 13.7. The molecule has 3 aromatic rings. The van der Waals surface area contributed by atoms with E-state index in [1.54, 1.807) is 10.9 Å². The summed E-state index contributed by atoms with van der Waals surface area (Å²) in [4.78, 5) is 28.2. The molecule has 2 aliphatic rings. The van der Waals surface area contributed by atoms with E-state index >= 15 is 0 Å². The second kappa shape index (κ2) is 7.46. The average Bonchev–Trinajstić information content (AvgIpc) is 3.31. The first-order valence-corrected chi connectivity index (χ1v) is 11.3. The molecule has 2 aromatic heterocycles. The maximum Gasteiger partial charge on any atom is 0.435 e. The van der Waals surface area contributed by atoms with Gasteiger partial charge in [-0.05, 0) is 70.6 Å². The summed E-state index contributed by atoms with van der Waals surface area (Å²) in [5.74, 6) is 0.0686. The highest BCUT2D eigenvalue weighted by Gasteiger charge is 2.40. The summed E-state index contributed by atoms with van der Waals surface area (Å²) in [5.41, 5.74) is 2.90. The minimum absolute atomic E-state index is 0.0686. The lowest BCUT2D eigenvalue weighted by Gasteiger charge is -2.34. The topological polar surface area (TPSA) is 82.2 Å². The summed E-state index contributed by atoms with van der Waals surface area (Å²) in [6.45, 7) is 5.52. The Labute approximate surface area is 187 Å². The van der Waals surface area contributed by atoms with Crippen LogP contribution >= 0.6 is 0 Å². The van der Waals surface area contributed by atoms with Gasteiger partial charge in [-0.15, -0.1) is 0 Å². The van der Waals surface area contributed by atoms with E-state index in [0.29, 0.717) is 12.0 Å². The maximum absolute atomic E-state index is 13.7. The van der Waals surface area contributed by atoms with Crippen molar-refractivity contribution in [2.24, 2.45) is 7.05 Å². The molecule has 2 heterocycles. The van der Waals surface area contributed by atoms with Gasteiger partial charge in [-0.2, -0.15) is 14.9 Å². The van der Waals surface area contributed by atoms with Crippen molar-refractivity contribution in [1.82, 2.24) is 24.5 Å². The molecule has 1 atom stereocenters. The Morgan fingerprint density at radius 1 is 1.09 bits per heavy atom. The van der Waals surface area contributed by atoms with Gasteiger partial charge in [0.2, 0.25) is 0 Å². The van der Waals surface area contributed by atoms with E-state index in [1.165, 1.54) is 4.68 Å². The first-order chi connectivity index (χ1) is 15.2. The molecule has 0 spiro atoms. The molecule has 0 saturated heterocycles. The van der Waals surface area contributed by atoms with Gasteiger partial charge in [0.1, 0.15) is 5.60 Å². The SMILES string of the molecule is Cn1cc2c(C(=O)N(C3CC3)C3CCc4nn(C(=O)OC(C)(C)C)cc4C3)cccc2n1. The van der Waals surface area contributed by atoms with Crippen LogP contribution in [0.2, 0.25) is 0 Å². The van der Waals surface area contributed by atoms with E-state index in [-0.39, 0.29) is 18.0 Å². The van der Waals surface area contributed by atoms with Crippen molar-refractivity contribution in [2.45, 2.75) is 70.6 Å². The lowest BCUT2D eigenvalue weighted by Crippen LogP contribution is -2.44. The second-order valence-electron chi connectivity index (χ2n) is 9.91. The van der Waals surface area contributed by atoms with Gasteiger partial charge in [-0.3, -0.25) is 9.48 Å². The number of nitrogens with zero attached hydrogens (tertiary/aromatic N) is 5. The summed E-state index contributed by atoms with van der Waals surface area (Å²) < 4.78 is 8.51. The third-order valence-electron chi connectivity index (χ3n) is 6.09. The van der Waals surface area contributed by atoms with Crippen molar-refractivity contribution >= 4 is 22.9 Å². The Morgan fingerprint density at radius 2 is 1.88 bits per heavy atom. The minimum Gasteiger partial charge on any atom is -0.442 e. The van der Waals surface area contributed by atoms with Gasteiger partial charge < -0.3 is 9.64 Å². The Bertz CT molecular complexity index is 1200. The summed E-state index contributed by atoms with van der Waals surface area (Å²) in [5, 5.41) is 9.81. The van der Waals surface area contributed by atoms with Gasteiger partial charge in [-0.1, -0.05) is 6.07 Å². The molecule has 8 nitrogen and oxygen atoms in total. The minimum atomic E-state index is -0.575. The highest BCUT2D eigenvalue weighted by atomic mass is 16.6. The van der Waals surface area contributed by atoms with Crippen LogP contribution in [-0.2, 0) is 24.6 Å². The van der Waals surface area contributed by atoms with E-state index < -0.39 is 11.7 Å². The molecule has 1 unspecified atom stereocenters. The van der Waals surface area contributed by atoms with Gasteiger partial charge in [0.25, 0.3) is 5.91 Å². The molecule has 0 bridgehead atoms. The Hall–Kier alpha value is -3.16. The molecule has 1 saturated carbocycles. The molecule has 2 aliphatic carbocycles. The standard InChI is InChI=1S/C24H29N5O3/c1-24(2,3)32-23(31)28-13-15-12-17(10-11-20(15)26-28)29(16-8-9-16)22(30)18-6-5-7-21-19(18)14-27(4)25-21/h5-7,13-14,16-17H,8-12H2,1-4H3. The molecule has 1 fully saturated rings. The lowest BCUT2D eigenvalue weighted by atomic mass is 9.91. The molecule has 8 heteroatoms. The molecule has 0 radical (unpaired) electrons. The van der Waals surface area contributed by atoms with Gasteiger partial charge in [-0.25, -0.2) is 4.79 Å². The fourth-order valence-electron chi connectivity index (χ4n) is 4.59. The van der Waals surface area contributed by atoms with E-state index in [4.69, 9.17) is 4.74 Å². The van der Waals surface area contributed by atoms with Crippen molar-refractivity contribution < 1.29 is 14.3 Å². The summed E-state index contributed by atoms with van der Waals surface area (Å²) in [6.07, 6.45) is 7.56. The number of rotatable bonds is 3. The number of ether oxygens (including phenoxy) is 1. The van der Waals surface area contributed by atoms with E-state index in [0.717, 1.165) is 47.8 Å². The number of aryl methyl sites for hydroxylation is 2. The third-order valence-corrected chi connectivity index (χ3v) is 6.09. The fourth-order valence-corrected chi connectivity index (χ4v) is 4.59. The largest absolute Gasteiger partial charge is 0.442 e. The number of amides is 1. The van der Waals surface area contributed by atoms with Crippen LogP contribution in [0, 0.1) is 0 Å². The molecular weight excluding hydrogens is 406 g/mol. The van der Waals surface area contributed by atoms with Crippen LogP contribution in [0.15, 0.2) is 30.6 Å². The van der Waals surface area contributed by atoms with Gasteiger partial charge >= 0.3 is 6.09 Å². The summed E-state index contributed by atoms with van der Waals surface area (Å²) in [6, 6.07) is 6.10. The fraction of sp³-hybridized carbons (Fsp3) is 0.500. The zero-order valence-corrected chi connectivity index (χ0v) is 19.0. The van der Waals surface area contributed by atoms with E-state index in [1.807, 2.05) is 52.2 Å². The van der Waals surface area contributed by atoms with Crippen molar-refractivity contribution in [1.29, 1.82) is 0 Å². The molecule has 5 rings (SSSR count). The van der Waals surface area contributed by atoms with Crippen molar-refractivity contribution in [2.75, 3.05) is 0 Å². The molecular formula is C24H29N5O3. The summed E-state index contributed by atoms with van der Waals surface area (Å²) >= 11 is 0. The van der Waals surface area contributed by atoms with Crippen LogP contribution in [0.25, 0.3) is 10.9 Å². The molecule has 1 amide bonds. The monoisotopic (exact) mass is 435 g/mol. The molecule has 0 aliphatic heterocycles. The van der Waals surface area contributed by atoms with Crippen LogP contribution in [0.4, 0.5) is 4.79 Å². The van der Waals surface area contributed by atoms with Crippen LogP contribution in [-0.4, -0.2) is 54.1 Å². The lowest BCUT2D eigenvalue weighted by molar-refractivity contribution is 0.0513. The second-order valence-corrected chi connectivity index (χ2v) is 9.91. The van der Waals surface area contributed by atoms with Gasteiger partial charge in [0.15, 0.2) is 0 Å². The number of hydrogen-bond donors (Lipinski definition) is 0. The normalized spacial score (nSPS) is 18.4. The van der Waals surface area contributed by atoms with Crippen molar-refractivity contribution in [3.05, 3.63) is 47.4 Å². The smallest absolute Gasteiger partial charge is 0.435 e. The Morgan fingerprint density at radius 3 is 2.59 bits per heavy atom. The number of carbonyl (C=O) groups excluding carboxylic acids is 2.